The van der Waals surface area contributed by atoms with Crippen molar-refractivity contribution in [3.63, 3.8) is 0 Å². The Hall–Kier alpha value is -2.77. The fraction of sp³-hybridized carbons (Fsp3) is 0.250. The van der Waals surface area contributed by atoms with E-state index in [-0.39, 0.29) is 17.2 Å². The van der Waals surface area contributed by atoms with E-state index in [9.17, 15) is 14.9 Å². The number of aromatic amines is 1. The van der Waals surface area contributed by atoms with Crippen molar-refractivity contribution in [1.29, 1.82) is 0 Å². The van der Waals surface area contributed by atoms with Gasteiger partial charge in [-0.1, -0.05) is 12.1 Å². The van der Waals surface area contributed by atoms with E-state index in [0.717, 1.165) is 12.8 Å². The lowest BCUT2D eigenvalue weighted by atomic mass is 10.2. The van der Waals surface area contributed by atoms with Crippen LogP contribution in [0.15, 0.2) is 24.3 Å². The van der Waals surface area contributed by atoms with Crippen LogP contribution in [0.1, 0.15) is 35.2 Å². The molecule has 1 fully saturated rings. The quantitative estimate of drug-likeness (QED) is 0.651. The maximum atomic E-state index is 12.0. The molecular formula is C12H11N5O3. The third-order valence-electron chi connectivity index (χ3n) is 3.02. The van der Waals surface area contributed by atoms with Crippen molar-refractivity contribution in [2.45, 2.75) is 18.8 Å². The van der Waals surface area contributed by atoms with Crippen LogP contribution in [-0.4, -0.2) is 26.0 Å². The van der Waals surface area contributed by atoms with Crippen LogP contribution in [0.4, 0.5) is 11.4 Å². The molecule has 0 bridgehead atoms. The van der Waals surface area contributed by atoms with Gasteiger partial charge in [0.25, 0.3) is 11.6 Å². The van der Waals surface area contributed by atoms with Gasteiger partial charge in [0.05, 0.1) is 4.92 Å². The Kier molecular flexibility index (Phi) is 2.90. The molecule has 0 aliphatic heterocycles. The molecule has 1 amide bonds. The molecule has 2 aromatic rings. The summed E-state index contributed by atoms with van der Waals surface area (Å²) in [6.45, 7) is 0. The highest BCUT2D eigenvalue weighted by Gasteiger charge is 2.28. The molecule has 8 heteroatoms. The fourth-order valence-electron chi connectivity index (χ4n) is 1.83. The van der Waals surface area contributed by atoms with Crippen molar-refractivity contribution < 1.29 is 9.72 Å². The SMILES string of the molecule is O=C(Nc1ccccc1[N+](=O)[O-])c1n[nH]c(C2CC2)n1. The molecule has 1 saturated carbocycles. The van der Waals surface area contributed by atoms with E-state index in [4.69, 9.17) is 0 Å². The molecule has 2 N–H and O–H groups in total. The highest BCUT2D eigenvalue weighted by Crippen LogP contribution is 2.37. The average molecular weight is 273 g/mol. The van der Waals surface area contributed by atoms with Gasteiger partial charge in [0.2, 0.25) is 5.82 Å². The first-order valence-electron chi connectivity index (χ1n) is 6.12. The smallest absolute Gasteiger partial charge is 0.295 e. The Balaban J connectivity index is 1.79. The number of para-hydroxylation sites is 2. The molecule has 1 aromatic heterocycles. The van der Waals surface area contributed by atoms with Gasteiger partial charge in [0.1, 0.15) is 11.5 Å². The minimum Gasteiger partial charge on any atom is -0.313 e. The third-order valence-corrected chi connectivity index (χ3v) is 3.02. The Morgan fingerprint density at radius 1 is 1.40 bits per heavy atom. The number of rotatable bonds is 4. The number of benzene rings is 1. The van der Waals surface area contributed by atoms with Crippen molar-refractivity contribution in [3.05, 3.63) is 46.0 Å². The predicted molar refractivity (Wildman–Crippen MR) is 69.4 cm³/mol. The highest BCUT2D eigenvalue weighted by atomic mass is 16.6. The maximum Gasteiger partial charge on any atom is 0.295 e. The molecule has 20 heavy (non-hydrogen) atoms. The van der Waals surface area contributed by atoms with Crippen LogP contribution in [0.25, 0.3) is 0 Å². The van der Waals surface area contributed by atoms with Crippen LogP contribution < -0.4 is 5.32 Å². The van der Waals surface area contributed by atoms with Gasteiger partial charge >= 0.3 is 0 Å². The number of nitrogens with one attached hydrogen (secondary N) is 2. The number of hydrogen-bond acceptors (Lipinski definition) is 5. The average Bonchev–Trinajstić information content (AvgIpc) is 3.16. The second-order valence-electron chi connectivity index (χ2n) is 4.55. The lowest BCUT2D eigenvalue weighted by Crippen LogP contribution is -2.14. The summed E-state index contributed by atoms with van der Waals surface area (Å²) in [7, 11) is 0. The first-order chi connectivity index (χ1) is 9.65. The van der Waals surface area contributed by atoms with Crippen LogP contribution in [0.3, 0.4) is 0 Å². The van der Waals surface area contributed by atoms with Crippen LogP contribution >= 0.6 is 0 Å². The van der Waals surface area contributed by atoms with Crippen molar-refractivity contribution in [2.75, 3.05) is 5.32 Å². The van der Waals surface area contributed by atoms with Crippen molar-refractivity contribution in [2.24, 2.45) is 0 Å². The molecule has 1 aliphatic carbocycles. The van der Waals surface area contributed by atoms with Gasteiger partial charge in [0, 0.05) is 12.0 Å². The normalized spacial score (nSPS) is 14.0. The second-order valence-corrected chi connectivity index (χ2v) is 4.55. The molecule has 0 unspecified atom stereocenters. The van der Waals surface area contributed by atoms with E-state index in [0.29, 0.717) is 11.7 Å². The van der Waals surface area contributed by atoms with Crippen LogP contribution in [0.2, 0.25) is 0 Å². The number of nitro benzene ring substituents is 1. The van der Waals surface area contributed by atoms with Gasteiger partial charge in [0.15, 0.2) is 0 Å². The standard InChI is InChI=1S/C12H11N5O3/c18-12(11-14-10(15-16-11)7-5-6-7)13-8-3-1-2-4-9(8)17(19)20/h1-4,7H,5-6H2,(H,13,18)(H,14,15,16). The van der Waals surface area contributed by atoms with Crippen LogP contribution in [0.5, 0.6) is 0 Å². The summed E-state index contributed by atoms with van der Waals surface area (Å²) in [6, 6.07) is 5.93. The topological polar surface area (TPSA) is 114 Å². The van der Waals surface area contributed by atoms with Crippen molar-refractivity contribution >= 4 is 17.3 Å². The summed E-state index contributed by atoms with van der Waals surface area (Å²) in [5, 5.41) is 19.9. The number of nitrogens with zero attached hydrogens (tertiary/aromatic N) is 3. The molecule has 0 radical (unpaired) electrons. The number of hydrogen-bond donors (Lipinski definition) is 2. The molecule has 0 atom stereocenters. The van der Waals surface area contributed by atoms with E-state index in [1.54, 1.807) is 6.07 Å². The summed E-state index contributed by atoms with van der Waals surface area (Å²) in [5.74, 6) is 0.473. The zero-order chi connectivity index (χ0) is 14.1. The number of carbonyl (C=O) groups is 1. The maximum absolute atomic E-state index is 12.0. The number of carbonyl (C=O) groups excluding carboxylic acids is 1. The summed E-state index contributed by atoms with van der Waals surface area (Å²) in [6.07, 6.45) is 2.08. The minimum atomic E-state index is -0.567. The highest BCUT2D eigenvalue weighted by molar-refractivity contribution is 6.02. The van der Waals surface area contributed by atoms with E-state index in [1.807, 2.05) is 0 Å². The van der Waals surface area contributed by atoms with Gasteiger partial charge in [-0.15, -0.1) is 5.10 Å². The number of anilines is 1. The molecule has 102 valence electrons. The monoisotopic (exact) mass is 273 g/mol. The van der Waals surface area contributed by atoms with Gasteiger partial charge < -0.3 is 5.32 Å². The zero-order valence-corrected chi connectivity index (χ0v) is 10.4. The Morgan fingerprint density at radius 2 is 2.15 bits per heavy atom. The molecule has 8 nitrogen and oxygen atoms in total. The summed E-state index contributed by atoms with van der Waals surface area (Å²) in [5.41, 5.74) is -0.0425. The molecule has 3 rings (SSSR count). The zero-order valence-electron chi connectivity index (χ0n) is 10.4. The van der Waals surface area contributed by atoms with Gasteiger partial charge in [-0.25, -0.2) is 4.98 Å². The van der Waals surface area contributed by atoms with Gasteiger partial charge in [-0.3, -0.25) is 20.0 Å². The lowest BCUT2D eigenvalue weighted by Gasteiger charge is -2.02. The van der Waals surface area contributed by atoms with E-state index < -0.39 is 10.8 Å². The van der Waals surface area contributed by atoms with Gasteiger partial charge in [-0.2, -0.15) is 0 Å². The fourth-order valence-corrected chi connectivity index (χ4v) is 1.83. The van der Waals surface area contributed by atoms with Crippen molar-refractivity contribution in [3.8, 4) is 0 Å². The third kappa shape index (κ3) is 2.35. The lowest BCUT2D eigenvalue weighted by molar-refractivity contribution is -0.383. The number of H-pyrrole nitrogens is 1. The first kappa shape index (κ1) is 12.3. The molecule has 0 saturated heterocycles. The molecule has 0 spiro atoms. The minimum absolute atomic E-state index is 0.00921. The van der Waals surface area contributed by atoms with Gasteiger partial charge in [-0.05, 0) is 18.9 Å². The molecule has 1 aliphatic rings. The van der Waals surface area contributed by atoms with E-state index >= 15 is 0 Å². The summed E-state index contributed by atoms with van der Waals surface area (Å²) in [4.78, 5) is 26.4. The molecule has 1 heterocycles. The number of aromatic nitrogens is 3. The molecular weight excluding hydrogens is 262 g/mol. The number of amides is 1. The Labute approximate surface area is 113 Å². The van der Waals surface area contributed by atoms with Crippen molar-refractivity contribution in [1.82, 2.24) is 15.2 Å². The predicted octanol–water partition coefficient (Wildman–Crippen LogP) is 1.84. The number of nitro groups is 1. The van der Waals surface area contributed by atoms with E-state index in [1.165, 1.54) is 18.2 Å². The van der Waals surface area contributed by atoms with Crippen LogP contribution in [0, 0.1) is 10.1 Å². The largest absolute Gasteiger partial charge is 0.313 e. The Morgan fingerprint density at radius 3 is 2.85 bits per heavy atom. The first-order valence-corrected chi connectivity index (χ1v) is 6.12. The van der Waals surface area contributed by atoms with E-state index in [2.05, 4.69) is 20.5 Å². The van der Waals surface area contributed by atoms with Crippen LogP contribution in [-0.2, 0) is 0 Å². The summed E-state index contributed by atoms with van der Waals surface area (Å²) < 4.78 is 0. The summed E-state index contributed by atoms with van der Waals surface area (Å²) >= 11 is 0. The second kappa shape index (κ2) is 4.72. The molecule has 1 aromatic carbocycles. The Bertz CT molecular complexity index is 677.